The molecule has 88 valence electrons. The first kappa shape index (κ1) is 11.3. The van der Waals surface area contributed by atoms with E-state index >= 15 is 0 Å². The van der Waals surface area contributed by atoms with Gasteiger partial charge in [-0.3, -0.25) is 4.79 Å². The van der Waals surface area contributed by atoms with Gasteiger partial charge >= 0.3 is 0 Å². The van der Waals surface area contributed by atoms with Gasteiger partial charge in [0.15, 0.2) is 6.61 Å². The number of carbonyl (C=O) groups excluding carboxylic acids is 1. The Morgan fingerprint density at radius 2 is 2.35 bits per heavy atom. The van der Waals surface area contributed by atoms with Gasteiger partial charge in [-0.1, -0.05) is 0 Å². The molecule has 0 spiro atoms. The summed E-state index contributed by atoms with van der Waals surface area (Å²) in [5, 5.41) is 8.50. The quantitative estimate of drug-likeness (QED) is 0.628. The molecule has 1 aliphatic rings. The average molecular weight is 231 g/mol. The average Bonchev–Trinajstić information content (AvgIpc) is 2.32. The summed E-state index contributed by atoms with van der Waals surface area (Å²) in [5.41, 5.74) is 6.99. The fourth-order valence-corrected chi connectivity index (χ4v) is 1.78. The number of nitriles is 1. The molecule has 0 fully saturated rings. The maximum absolute atomic E-state index is 11.7. The van der Waals surface area contributed by atoms with E-state index in [1.807, 2.05) is 0 Å². The number of nitrogen functional groups attached to an aromatic ring is 1. The number of fused-ring (bicyclic) bond motifs is 1. The van der Waals surface area contributed by atoms with E-state index in [1.165, 1.54) is 0 Å². The molecule has 1 amide bonds. The van der Waals surface area contributed by atoms with Crippen LogP contribution in [0.3, 0.4) is 0 Å². The molecule has 0 saturated heterocycles. The van der Waals surface area contributed by atoms with Gasteiger partial charge in [0.05, 0.1) is 11.8 Å². The van der Waals surface area contributed by atoms with Crippen molar-refractivity contribution in [1.82, 2.24) is 0 Å². The van der Waals surface area contributed by atoms with Gasteiger partial charge in [-0.15, -0.1) is 0 Å². The first-order chi connectivity index (χ1) is 8.22. The van der Waals surface area contributed by atoms with Crippen LogP contribution in [-0.4, -0.2) is 19.1 Å². The molecule has 1 aromatic carbocycles. The van der Waals surface area contributed by atoms with Crippen molar-refractivity contribution in [3.05, 3.63) is 18.2 Å². The number of benzene rings is 1. The second-order valence-electron chi connectivity index (χ2n) is 3.82. The van der Waals surface area contributed by atoms with Gasteiger partial charge in [0, 0.05) is 24.7 Å². The summed E-state index contributed by atoms with van der Waals surface area (Å²) < 4.78 is 5.32. The van der Waals surface area contributed by atoms with Crippen LogP contribution in [0.4, 0.5) is 11.4 Å². The molecule has 5 nitrogen and oxygen atoms in total. The number of anilines is 2. The highest BCUT2D eigenvalue weighted by molar-refractivity contribution is 5.98. The lowest BCUT2D eigenvalue weighted by atomic mass is 10.2. The number of unbranched alkanes of at least 4 members (excludes halogenated alkanes) is 1. The monoisotopic (exact) mass is 231 g/mol. The van der Waals surface area contributed by atoms with Gasteiger partial charge in [-0.2, -0.15) is 5.26 Å². The fraction of sp³-hybridized carbons (Fsp3) is 0.333. The Morgan fingerprint density at radius 1 is 1.53 bits per heavy atom. The first-order valence-corrected chi connectivity index (χ1v) is 5.42. The largest absolute Gasteiger partial charge is 0.481 e. The van der Waals surface area contributed by atoms with Crippen LogP contribution in [0.15, 0.2) is 18.2 Å². The minimum absolute atomic E-state index is 0.0308. The molecule has 0 bridgehead atoms. The van der Waals surface area contributed by atoms with Crippen LogP contribution in [0.25, 0.3) is 0 Å². The van der Waals surface area contributed by atoms with Gasteiger partial charge in [0.25, 0.3) is 5.91 Å². The predicted octanol–water partition coefficient (Wildman–Crippen LogP) is 1.30. The number of hydrogen-bond acceptors (Lipinski definition) is 4. The number of nitrogens with zero attached hydrogens (tertiary/aromatic N) is 2. The van der Waals surface area contributed by atoms with Gasteiger partial charge < -0.3 is 15.4 Å². The third kappa shape index (κ3) is 2.31. The van der Waals surface area contributed by atoms with Crippen LogP contribution in [0.1, 0.15) is 12.8 Å². The highest BCUT2D eigenvalue weighted by Crippen LogP contribution is 2.33. The minimum atomic E-state index is -0.0831. The summed E-state index contributed by atoms with van der Waals surface area (Å²) in [4.78, 5) is 13.4. The third-order valence-corrected chi connectivity index (χ3v) is 2.60. The van der Waals surface area contributed by atoms with Crippen molar-refractivity contribution in [2.45, 2.75) is 12.8 Å². The Labute approximate surface area is 99.4 Å². The van der Waals surface area contributed by atoms with E-state index in [0.29, 0.717) is 30.8 Å². The van der Waals surface area contributed by atoms with Crippen LogP contribution in [0.5, 0.6) is 5.75 Å². The fourth-order valence-electron chi connectivity index (χ4n) is 1.78. The van der Waals surface area contributed by atoms with Crippen molar-refractivity contribution in [2.24, 2.45) is 0 Å². The van der Waals surface area contributed by atoms with Crippen LogP contribution in [-0.2, 0) is 4.79 Å². The second kappa shape index (κ2) is 4.74. The zero-order valence-electron chi connectivity index (χ0n) is 9.35. The number of ether oxygens (including phenoxy) is 1. The van der Waals surface area contributed by atoms with E-state index in [4.69, 9.17) is 15.7 Å². The number of hydrogen-bond donors (Lipinski definition) is 1. The predicted molar refractivity (Wildman–Crippen MR) is 63.5 cm³/mol. The van der Waals surface area contributed by atoms with Crippen molar-refractivity contribution < 1.29 is 9.53 Å². The van der Waals surface area contributed by atoms with Crippen LogP contribution >= 0.6 is 0 Å². The van der Waals surface area contributed by atoms with Crippen molar-refractivity contribution in [2.75, 3.05) is 23.8 Å². The van der Waals surface area contributed by atoms with Gasteiger partial charge in [0.2, 0.25) is 0 Å². The molecule has 0 unspecified atom stereocenters. The molecular formula is C12H13N3O2. The van der Waals surface area contributed by atoms with Crippen molar-refractivity contribution >= 4 is 17.3 Å². The smallest absolute Gasteiger partial charge is 0.265 e. The Bertz CT molecular complexity index is 479. The van der Waals surface area contributed by atoms with E-state index in [0.717, 1.165) is 5.69 Å². The molecule has 0 atom stereocenters. The molecule has 1 heterocycles. The molecular weight excluding hydrogens is 218 g/mol. The molecule has 1 aliphatic heterocycles. The number of rotatable bonds is 3. The topological polar surface area (TPSA) is 79.3 Å². The maximum atomic E-state index is 11.7. The van der Waals surface area contributed by atoms with Crippen molar-refractivity contribution in [3.63, 3.8) is 0 Å². The number of nitrogens with two attached hydrogens (primary N) is 1. The normalized spacial score (nSPS) is 13.8. The number of carbonyl (C=O) groups is 1. The molecule has 0 aromatic heterocycles. The van der Waals surface area contributed by atoms with E-state index in [-0.39, 0.29) is 12.5 Å². The van der Waals surface area contributed by atoms with Crippen LogP contribution < -0.4 is 15.4 Å². The zero-order valence-corrected chi connectivity index (χ0v) is 9.35. The van der Waals surface area contributed by atoms with Gasteiger partial charge in [-0.25, -0.2) is 0 Å². The summed E-state index contributed by atoms with van der Waals surface area (Å²) in [7, 11) is 0. The van der Waals surface area contributed by atoms with E-state index < -0.39 is 0 Å². The maximum Gasteiger partial charge on any atom is 0.265 e. The Morgan fingerprint density at radius 3 is 3.12 bits per heavy atom. The van der Waals surface area contributed by atoms with E-state index in [1.54, 1.807) is 23.1 Å². The van der Waals surface area contributed by atoms with Crippen molar-refractivity contribution in [1.29, 1.82) is 5.26 Å². The van der Waals surface area contributed by atoms with Gasteiger partial charge in [0.1, 0.15) is 5.75 Å². The van der Waals surface area contributed by atoms with E-state index in [2.05, 4.69) is 6.07 Å². The summed E-state index contributed by atoms with van der Waals surface area (Å²) in [6.07, 6.45) is 1.10. The van der Waals surface area contributed by atoms with E-state index in [9.17, 15) is 4.79 Å². The SMILES string of the molecule is N#CCCCN1C(=O)COc2cc(N)ccc21. The highest BCUT2D eigenvalue weighted by atomic mass is 16.5. The van der Waals surface area contributed by atoms with Crippen LogP contribution in [0, 0.1) is 11.3 Å². The summed E-state index contributed by atoms with van der Waals surface area (Å²) in [6, 6.07) is 7.28. The first-order valence-electron chi connectivity index (χ1n) is 5.42. The summed E-state index contributed by atoms with van der Waals surface area (Å²) >= 11 is 0. The molecule has 0 aliphatic carbocycles. The molecule has 2 rings (SSSR count). The molecule has 5 heteroatoms. The Kier molecular flexibility index (Phi) is 3.15. The summed E-state index contributed by atoms with van der Waals surface area (Å²) in [6.45, 7) is 0.565. The molecule has 0 radical (unpaired) electrons. The molecule has 17 heavy (non-hydrogen) atoms. The minimum Gasteiger partial charge on any atom is -0.481 e. The number of amides is 1. The highest BCUT2D eigenvalue weighted by Gasteiger charge is 2.24. The second-order valence-corrected chi connectivity index (χ2v) is 3.82. The lowest BCUT2D eigenvalue weighted by molar-refractivity contribution is -0.121. The molecule has 0 saturated carbocycles. The third-order valence-electron chi connectivity index (χ3n) is 2.60. The Hall–Kier alpha value is -2.22. The summed E-state index contributed by atoms with van der Waals surface area (Å²) in [5.74, 6) is 0.543. The molecule has 1 aromatic rings. The lowest BCUT2D eigenvalue weighted by Crippen LogP contribution is -2.39. The van der Waals surface area contributed by atoms with Gasteiger partial charge in [-0.05, 0) is 18.6 Å². The van der Waals surface area contributed by atoms with Crippen molar-refractivity contribution in [3.8, 4) is 11.8 Å². The lowest BCUT2D eigenvalue weighted by Gasteiger charge is -2.29. The molecule has 2 N–H and O–H groups in total. The zero-order chi connectivity index (χ0) is 12.3. The Balaban J connectivity index is 2.21. The standard InChI is InChI=1S/C12H13N3O2/c13-5-1-2-6-15-10-4-3-9(14)7-11(10)17-8-12(15)16/h3-4,7H,1-2,6,8,14H2. The van der Waals surface area contributed by atoms with Crippen LogP contribution in [0.2, 0.25) is 0 Å².